The van der Waals surface area contributed by atoms with E-state index < -0.39 is 0 Å². The molecule has 0 unspecified atom stereocenters. The lowest BCUT2D eigenvalue weighted by molar-refractivity contribution is -0.120. The largest absolute Gasteiger partial charge is 0.495 e. The van der Waals surface area contributed by atoms with Crippen LogP contribution in [0.4, 0.5) is 15.2 Å². The van der Waals surface area contributed by atoms with Gasteiger partial charge in [0, 0.05) is 13.1 Å². The Bertz CT molecular complexity index is 937. The van der Waals surface area contributed by atoms with Crippen molar-refractivity contribution in [2.24, 2.45) is 5.92 Å². The van der Waals surface area contributed by atoms with E-state index in [9.17, 15) is 9.18 Å². The van der Waals surface area contributed by atoms with E-state index in [4.69, 9.17) is 4.74 Å². The number of aromatic nitrogens is 1. The number of halogens is 1. The molecule has 0 spiro atoms. The second-order valence-corrected chi connectivity index (χ2v) is 6.91. The van der Waals surface area contributed by atoms with Gasteiger partial charge >= 0.3 is 0 Å². The number of benzene rings is 2. The highest BCUT2D eigenvalue weighted by Crippen LogP contribution is 2.34. The molecular formula is C18H16FN3O2S. The van der Waals surface area contributed by atoms with Crippen LogP contribution in [0.2, 0.25) is 0 Å². The number of anilines is 2. The van der Waals surface area contributed by atoms with Crippen molar-refractivity contribution < 1.29 is 13.9 Å². The van der Waals surface area contributed by atoms with E-state index in [1.807, 2.05) is 29.2 Å². The second kappa shape index (κ2) is 6.33. The van der Waals surface area contributed by atoms with Crippen molar-refractivity contribution in [3.63, 3.8) is 0 Å². The minimum absolute atomic E-state index is 0.0343. The number of nitrogens with zero attached hydrogens (tertiary/aromatic N) is 2. The molecule has 7 heteroatoms. The van der Waals surface area contributed by atoms with Gasteiger partial charge in [0.25, 0.3) is 0 Å². The minimum Gasteiger partial charge on any atom is -0.495 e. The molecule has 4 rings (SSSR count). The van der Waals surface area contributed by atoms with Gasteiger partial charge in [0.15, 0.2) is 5.13 Å². The van der Waals surface area contributed by atoms with Crippen LogP contribution in [-0.2, 0) is 4.79 Å². The topological polar surface area (TPSA) is 54.5 Å². The third kappa shape index (κ3) is 3.02. The van der Waals surface area contributed by atoms with Crippen LogP contribution in [0.15, 0.2) is 42.5 Å². The van der Waals surface area contributed by atoms with Gasteiger partial charge in [-0.1, -0.05) is 23.5 Å². The molecule has 1 aliphatic heterocycles. The van der Waals surface area contributed by atoms with Crippen LogP contribution in [0.1, 0.15) is 0 Å². The van der Waals surface area contributed by atoms with Gasteiger partial charge in [-0.2, -0.15) is 0 Å². The fourth-order valence-electron chi connectivity index (χ4n) is 2.80. The highest BCUT2D eigenvalue weighted by atomic mass is 32.1. The number of methoxy groups -OCH3 is 1. The lowest BCUT2D eigenvalue weighted by Crippen LogP contribution is -2.52. The summed E-state index contributed by atoms with van der Waals surface area (Å²) in [6.07, 6.45) is 0. The van der Waals surface area contributed by atoms with Crippen molar-refractivity contribution in [3.8, 4) is 5.75 Å². The molecule has 0 aliphatic carbocycles. The first kappa shape index (κ1) is 15.8. The number of para-hydroxylation sites is 2. The van der Waals surface area contributed by atoms with Gasteiger partial charge in [-0.05, 0) is 30.3 Å². The van der Waals surface area contributed by atoms with E-state index in [1.165, 1.54) is 23.5 Å². The van der Waals surface area contributed by atoms with E-state index in [2.05, 4.69) is 10.3 Å². The molecule has 3 aromatic rings. The molecule has 2 heterocycles. The zero-order chi connectivity index (χ0) is 17.4. The average molecular weight is 357 g/mol. The van der Waals surface area contributed by atoms with Gasteiger partial charge < -0.3 is 15.0 Å². The summed E-state index contributed by atoms with van der Waals surface area (Å²) in [5.41, 5.74) is 1.45. The van der Waals surface area contributed by atoms with Gasteiger partial charge in [-0.25, -0.2) is 9.37 Å². The van der Waals surface area contributed by atoms with Crippen molar-refractivity contribution >= 4 is 38.3 Å². The summed E-state index contributed by atoms with van der Waals surface area (Å²) in [5.74, 6) is 0.238. The first-order valence-electron chi connectivity index (χ1n) is 7.89. The van der Waals surface area contributed by atoms with Crippen LogP contribution in [0, 0.1) is 11.7 Å². The summed E-state index contributed by atoms with van der Waals surface area (Å²) in [4.78, 5) is 18.9. The number of nitrogens with one attached hydrogen (secondary N) is 1. The zero-order valence-corrected chi connectivity index (χ0v) is 14.3. The molecule has 1 aliphatic rings. The molecule has 1 fully saturated rings. The minimum atomic E-state index is -0.264. The first-order valence-corrected chi connectivity index (χ1v) is 8.70. The SMILES string of the molecule is COc1ccccc1NC(=O)C1CN(c2nc3ccc(F)cc3s2)C1. The summed E-state index contributed by atoms with van der Waals surface area (Å²) in [7, 11) is 1.58. The smallest absolute Gasteiger partial charge is 0.231 e. The van der Waals surface area contributed by atoms with Gasteiger partial charge in [0.1, 0.15) is 11.6 Å². The molecule has 128 valence electrons. The first-order chi connectivity index (χ1) is 12.1. The lowest BCUT2D eigenvalue weighted by Gasteiger charge is -2.38. The number of hydrogen-bond acceptors (Lipinski definition) is 5. The van der Waals surface area contributed by atoms with Crippen LogP contribution in [0.5, 0.6) is 5.75 Å². The third-order valence-corrected chi connectivity index (χ3v) is 5.31. The Hall–Kier alpha value is -2.67. The molecule has 5 nitrogen and oxygen atoms in total. The maximum atomic E-state index is 13.3. The van der Waals surface area contributed by atoms with Crippen molar-refractivity contribution in [1.29, 1.82) is 0 Å². The molecule has 1 amide bonds. The molecular weight excluding hydrogens is 341 g/mol. The van der Waals surface area contributed by atoms with Gasteiger partial charge in [0.2, 0.25) is 5.91 Å². The van der Waals surface area contributed by atoms with E-state index in [-0.39, 0.29) is 17.6 Å². The summed E-state index contributed by atoms with van der Waals surface area (Å²) < 4.78 is 19.3. The second-order valence-electron chi connectivity index (χ2n) is 5.90. The summed E-state index contributed by atoms with van der Waals surface area (Å²) in [6, 6.07) is 11.9. The van der Waals surface area contributed by atoms with E-state index in [1.54, 1.807) is 13.2 Å². The standard InChI is InChI=1S/C18H16FN3O2S/c1-24-15-5-3-2-4-13(15)20-17(23)11-9-22(10-11)18-21-14-7-6-12(19)8-16(14)25-18/h2-8,11H,9-10H2,1H3,(H,20,23). The van der Waals surface area contributed by atoms with Crippen LogP contribution in [-0.4, -0.2) is 31.1 Å². The fourth-order valence-corrected chi connectivity index (χ4v) is 3.81. The van der Waals surface area contributed by atoms with Crippen LogP contribution >= 0.6 is 11.3 Å². The van der Waals surface area contributed by atoms with Crippen molar-refractivity contribution in [1.82, 2.24) is 4.98 Å². The fraction of sp³-hybridized carbons (Fsp3) is 0.222. The molecule has 2 aromatic carbocycles. The molecule has 0 bridgehead atoms. The Morgan fingerprint density at radius 2 is 2.12 bits per heavy atom. The Morgan fingerprint density at radius 1 is 1.32 bits per heavy atom. The van der Waals surface area contributed by atoms with Crippen molar-refractivity contribution in [3.05, 3.63) is 48.3 Å². The van der Waals surface area contributed by atoms with Crippen molar-refractivity contribution in [2.45, 2.75) is 0 Å². The van der Waals surface area contributed by atoms with Crippen molar-refractivity contribution in [2.75, 3.05) is 30.4 Å². The molecule has 1 aromatic heterocycles. The average Bonchev–Trinajstić information content (AvgIpc) is 2.96. The van der Waals surface area contributed by atoms with E-state index in [0.717, 1.165) is 15.3 Å². The number of hydrogen-bond donors (Lipinski definition) is 1. The molecule has 1 N–H and O–H groups in total. The molecule has 1 saturated heterocycles. The highest BCUT2D eigenvalue weighted by Gasteiger charge is 2.34. The maximum absolute atomic E-state index is 13.3. The van der Waals surface area contributed by atoms with E-state index >= 15 is 0 Å². The Morgan fingerprint density at radius 3 is 2.92 bits per heavy atom. The predicted octanol–water partition coefficient (Wildman–Crippen LogP) is 3.52. The summed E-state index contributed by atoms with van der Waals surface area (Å²) >= 11 is 1.44. The number of amides is 1. The zero-order valence-electron chi connectivity index (χ0n) is 13.5. The summed E-state index contributed by atoms with van der Waals surface area (Å²) in [5, 5.41) is 3.73. The van der Waals surface area contributed by atoms with Gasteiger partial charge in [0.05, 0.1) is 28.9 Å². The van der Waals surface area contributed by atoms with Crippen LogP contribution in [0.3, 0.4) is 0 Å². The number of ether oxygens (including phenoxy) is 1. The van der Waals surface area contributed by atoms with Gasteiger partial charge in [-0.15, -0.1) is 0 Å². The lowest BCUT2D eigenvalue weighted by atomic mass is 10.00. The number of carbonyl (C=O) groups is 1. The van der Waals surface area contributed by atoms with Crippen LogP contribution < -0.4 is 15.0 Å². The Labute approximate surface area is 148 Å². The Balaban J connectivity index is 1.41. The third-order valence-electron chi connectivity index (χ3n) is 4.23. The predicted molar refractivity (Wildman–Crippen MR) is 96.9 cm³/mol. The summed E-state index contributed by atoms with van der Waals surface area (Å²) in [6.45, 7) is 1.20. The number of thiazole rings is 1. The molecule has 25 heavy (non-hydrogen) atoms. The molecule has 0 saturated carbocycles. The monoisotopic (exact) mass is 357 g/mol. The van der Waals surface area contributed by atoms with E-state index in [0.29, 0.717) is 24.5 Å². The number of carbonyl (C=O) groups excluding carboxylic acids is 1. The quantitative estimate of drug-likeness (QED) is 0.776. The Kier molecular flexibility index (Phi) is 4.01. The highest BCUT2D eigenvalue weighted by molar-refractivity contribution is 7.22. The maximum Gasteiger partial charge on any atom is 0.231 e. The molecule has 0 atom stereocenters. The van der Waals surface area contributed by atoms with Gasteiger partial charge in [-0.3, -0.25) is 4.79 Å². The number of rotatable bonds is 4. The normalized spacial score (nSPS) is 14.4. The number of fused-ring (bicyclic) bond motifs is 1. The molecule has 0 radical (unpaired) electrons. The van der Waals surface area contributed by atoms with Crippen LogP contribution in [0.25, 0.3) is 10.2 Å².